The molecule has 0 aliphatic carbocycles. The summed E-state index contributed by atoms with van der Waals surface area (Å²) in [4.78, 5) is 37.4. The van der Waals surface area contributed by atoms with Crippen molar-refractivity contribution in [2.24, 2.45) is 0 Å². The molecule has 1 aromatic heterocycles. The van der Waals surface area contributed by atoms with E-state index in [1.165, 1.54) is 6.07 Å². The van der Waals surface area contributed by atoms with Crippen molar-refractivity contribution in [1.29, 1.82) is 0 Å². The van der Waals surface area contributed by atoms with Crippen molar-refractivity contribution in [3.05, 3.63) is 39.7 Å². The number of carbonyl (C=O) groups excluding carboxylic acids is 2. The van der Waals surface area contributed by atoms with Crippen LogP contribution in [0.15, 0.2) is 27.4 Å². The summed E-state index contributed by atoms with van der Waals surface area (Å²) in [5, 5.41) is 0.720. The molecule has 8 heteroatoms. The lowest BCUT2D eigenvalue weighted by Gasteiger charge is -2.36. The minimum Gasteiger partial charge on any atom is -0.483 e. The van der Waals surface area contributed by atoms with Crippen molar-refractivity contribution >= 4 is 23.0 Å². The number of hydrogen-bond acceptors (Lipinski definition) is 7. The number of nitrogens with zero attached hydrogens (tertiary/aromatic N) is 1. The van der Waals surface area contributed by atoms with E-state index in [0.717, 1.165) is 16.5 Å². The summed E-state index contributed by atoms with van der Waals surface area (Å²) < 4.78 is 21.4. The highest BCUT2D eigenvalue weighted by atomic mass is 16.8. The molecule has 1 spiro atoms. The lowest BCUT2D eigenvalue weighted by Crippen LogP contribution is -2.49. The van der Waals surface area contributed by atoms with E-state index >= 15 is 0 Å². The zero-order valence-electron chi connectivity index (χ0n) is 16.5. The minimum atomic E-state index is -0.641. The Kier molecular flexibility index (Phi) is 4.94. The van der Waals surface area contributed by atoms with Crippen LogP contribution in [0.1, 0.15) is 30.9 Å². The van der Waals surface area contributed by atoms with Crippen molar-refractivity contribution in [3.63, 3.8) is 0 Å². The first-order chi connectivity index (χ1) is 13.9. The SMILES string of the molecule is CCc1cc(=O)oc2cc(C)cc(OCC(=O)N3CCC4(CC3)COC(=O)O4)c12. The number of piperidine rings is 1. The van der Waals surface area contributed by atoms with Gasteiger partial charge >= 0.3 is 11.8 Å². The van der Waals surface area contributed by atoms with Gasteiger partial charge in [-0.1, -0.05) is 6.92 Å². The molecule has 8 nitrogen and oxygen atoms in total. The van der Waals surface area contributed by atoms with Crippen molar-refractivity contribution in [2.45, 2.75) is 38.7 Å². The third kappa shape index (κ3) is 3.79. The summed E-state index contributed by atoms with van der Waals surface area (Å²) >= 11 is 0. The van der Waals surface area contributed by atoms with Crippen LogP contribution >= 0.6 is 0 Å². The molecule has 29 heavy (non-hydrogen) atoms. The molecule has 2 saturated heterocycles. The number of benzene rings is 1. The van der Waals surface area contributed by atoms with Crippen molar-refractivity contribution in [1.82, 2.24) is 4.90 Å². The highest BCUT2D eigenvalue weighted by Gasteiger charge is 2.45. The minimum absolute atomic E-state index is 0.121. The fourth-order valence-corrected chi connectivity index (χ4v) is 3.93. The second-order valence-electron chi connectivity index (χ2n) is 7.57. The summed E-state index contributed by atoms with van der Waals surface area (Å²) in [6, 6.07) is 5.09. The maximum Gasteiger partial charge on any atom is 0.509 e. The maximum absolute atomic E-state index is 12.7. The molecule has 1 amide bonds. The first kappa shape index (κ1) is 19.3. The molecule has 2 aromatic rings. The average Bonchev–Trinajstić information content (AvgIpc) is 3.05. The number of cyclic esters (lactones) is 1. The number of carbonyl (C=O) groups is 2. The Hall–Kier alpha value is -3.03. The fourth-order valence-electron chi connectivity index (χ4n) is 3.93. The Morgan fingerprint density at radius 2 is 1.97 bits per heavy atom. The van der Waals surface area contributed by atoms with Gasteiger partial charge in [0, 0.05) is 32.0 Å². The zero-order valence-corrected chi connectivity index (χ0v) is 16.5. The number of aryl methyl sites for hydroxylation is 2. The van der Waals surface area contributed by atoms with Crippen LogP contribution in [0.5, 0.6) is 5.75 Å². The predicted molar refractivity (Wildman–Crippen MR) is 103 cm³/mol. The quantitative estimate of drug-likeness (QED) is 0.574. The molecule has 2 aliphatic rings. The van der Waals surface area contributed by atoms with E-state index in [-0.39, 0.29) is 19.1 Å². The summed E-state index contributed by atoms with van der Waals surface area (Å²) in [7, 11) is 0. The van der Waals surface area contributed by atoms with Crippen LogP contribution in [0.4, 0.5) is 4.79 Å². The Morgan fingerprint density at radius 3 is 2.62 bits per heavy atom. The molecule has 0 N–H and O–H groups in total. The molecule has 0 saturated carbocycles. The molecule has 1 aromatic carbocycles. The molecule has 0 bridgehead atoms. The molecular weight excluding hydrogens is 378 g/mol. The second kappa shape index (κ2) is 7.42. The predicted octanol–water partition coefficient (Wildman–Crippen LogP) is 2.57. The second-order valence-corrected chi connectivity index (χ2v) is 7.57. The largest absolute Gasteiger partial charge is 0.509 e. The van der Waals surface area contributed by atoms with Crippen molar-refractivity contribution < 1.29 is 28.2 Å². The third-order valence-corrected chi connectivity index (χ3v) is 5.55. The summed E-state index contributed by atoms with van der Waals surface area (Å²) in [5.74, 6) is 0.385. The van der Waals surface area contributed by atoms with E-state index in [1.807, 2.05) is 19.9 Å². The van der Waals surface area contributed by atoms with Crippen molar-refractivity contribution in [3.8, 4) is 5.75 Å². The molecule has 2 aliphatic heterocycles. The molecule has 154 valence electrons. The smallest absolute Gasteiger partial charge is 0.483 e. The molecular formula is C21H23NO7. The van der Waals surface area contributed by atoms with Gasteiger partial charge in [0.1, 0.15) is 17.9 Å². The van der Waals surface area contributed by atoms with Gasteiger partial charge in [-0.05, 0) is 36.6 Å². The van der Waals surface area contributed by atoms with Crippen LogP contribution in [0.25, 0.3) is 11.0 Å². The number of rotatable bonds is 4. The number of likely N-dealkylation sites (tertiary alicyclic amines) is 1. The van der Waals surface area contributed by atoms with E-state index in [9.17, 15) is 14.4 Å². The highest BCUT2D eigenvalue weighted by Crippen LogP contribution is 2.32. The van der Waals surface area contributed by atoms with E-state index in [0.29, 0.717) is 43.7 Å². The average molecular weight is 401 g/mol. The van der Waals surface area contributed by atoms with E-state index < -0.39 is 17.4 Å². The molecule has 0 unspecified atom stereocenters. The third-order valence-electron chi connectivity index (χ3n) is 5.55. The van der Waals surface area contributed by atoms with Gasteiger partial charge in [-0.2, -0.15) is 0 Å². The Balaban J connectivity index is 1.47. The van der Waals surface area contributed by atoms with Crippen LogP contribution in [-0.4, -0.2) is 48.9 Å². The van der Waals surface area contributed by atoms with Gasteiger partial charge in [0.2, 0.25) is 0 Å². The fraction of sp³-hybridized carbons (Fsp3) is 0.476. The van der Waals surface area contributed by atoms with Crippen LogP contribution in [0, 0.1) is 6.92 Å². The van der Waals surface area contributed by atoms with Gasteiger partial charge in [0.05, 0.1) is 5.39 Å². The van der Waals surface area contributed by atoms with E-state index in [4.69, 9.17) is 18.6 Å². The summed E-state index contributed by atoms with van der Waals surface area (Å²) in [6.45, 7) is 4.90. The molecule has 4 rings (SSSR count). The first-order valence-electron chi connectivity index (χ1n) is 9.73. The highest BCUT2D eigenvalue weighted by molar-refractivity contribution is 5.88. The van der Waals surface area contributed by atoms with Crippen LogP contribution in [0.2, 0.25) is 0 Å². The van der Waals surface area contributed by atoms with Crippen LogP contribution in [-0.2, 0) is 20.7 Å². The lowest BCUT2D eigenvalue weighted by molar-refractivity contribution is -0.136. The number of amides is 1. The van der Waals surface area contributed by atoms with Gasteiger partial charge in [-0.3, -0.25) is 4.79 Å². The zero-order chi connectivity index (χ0) is 20.6. The Morgan fingerprint density at radius 1 is 1.21 bits per heavy atom. The molecule has 0 atom stereocenters. The Bertz CT molecular complexity index is 1020. The van der Waals surface area contributed by atoms with Crippen molar-refractivity contribution in [2.75, 3.05) is 26.3 Å². The monoisotopic (exact) mass is 401 g/mol. The number of hydrogen-bond donors (Lipinski definition) is 0. The van der Waals surface area contributed by atoms with Gasteiger partial charge < -0.3 is 23.5 Å². The topological polar surface area (TPSA) is 95.3 Å². The summed E-state index contributed by atoms with van der Waals surface area (Å²) in [5.41, 5.74) is 1.15. The standard InChI is InChI=1S/C21H23NO7/c1-3-14-10-18(24)28-16-9-13(2)8-15(19(14)16)26-11-17(23)22-6-4-21(5-7-22)12-27-20(25)29-21/h8-10H,3-7,11-12H2,1-2H3. The first-order valence-corrected chi connectivity index (χ1v) is 9.73. The van der Waals surface area contributed by atoms with E-state index in [2.05, 4.69) is 0 Å². The lowest BCUT2D eigenvalue weighted by atomic mass is 9.92. The Labute approximate surface area is 167 Å². The maximum atomic E-state index is 12.7. The van der Waals surface area contributed by atoms with Crippen LogP contribution in [0.3, 0.4) is 0 Å². The normalized spacial score (nSPS) is 18.0. The van der Waals surface area contributed by atoms with Gasteiger partial charge in [0.25, 0.3) is 5.91 Å². The number of ether oxygens (including phenoxy) is 3. The summed E-state index contributed by atoms with van der Waals surface area (Å²) in [6.07, 6.45) is 1.09. The van der Waals surface area contributed by atoms with Gasteiger partial charge in [-0.25, -0.2) is 9.59 Å². The molecule has 0 radical (unpaired) electrons. The molecule has 3 heterocycles. The number of fused-ring (bicyclic) bond motifs is 1. The molecule has 2 fully saturated rings. The van der Waals surface area contributed by atoms with Crippen LogP contribution < -0.4 is 10.4 Å². The van der Waals surface area contributed by atoms with Gasteiger partial charge in [0.15, 0.2) is 12.2 Å². The van der Waals surface area contributed by atoms with Gasteiger partial charge in [-0.15, -0.1) is 0 Å². The van der Waals surface area contributed by atoms with E-state index in [1.54, 1.807) is 11.0 Å².